The van der Waals surface area contributed by atoms with E-state index in [2.05, 4.69) is 61.2 Å². The Bertz CT molecular complexity index is 744. The van der Waals surface area contributed by atoms with Gasteiger partial charge in [0, 0.05) is 18.0 Å². The van der Waals surface area contributed by atoms with E-state index in [4.69, 9.17) is 0 Å². The number of hydrogen-bond donors (Lipinski definition) is 0. The lowest BCUT2D eigenvalue weighted by molar-refractivity contribution is 0.866. The highest BCUT2D eigenvalue weighted by Crippen LogP contribution is 2.26. The Morgan fingerprint density at radius 3 is 2.62 bits per heavy atom. The van der Waals surface area contributed by atoms with Gasteiger partial charge in [-0.15, -0.1) is 11.8 Å². The number of thioether (sulfide) groups is 1. The molecule has 2 aromatic heterocycles. The maximum atomic E-state index is 4.66. The maximum Gasteiger partial charge on any atom is 0.122 e. The van der Waals surface area contributed by atoms with Crippen LogP contribution >= 0.6 is 11.8 Å². The van der Waals surface area contributed by atoms with E-state index in [-0.39, 0.29) is 0 Å². The molecule has 0 spiro atoms. The van der Waals surface area contributed by atoms with Gasteiger partial charge in [-0.2, -0.15) is 5.10 Å². The van der Waals surface area contributed by atoms with Gasteiger partial charge in [0.15, 0.2) is 0 Å². The summed E-state index contributed by atoms with van der Waals surface area (Å²) in [6, 6.07) is 10.8. The SMILES string of the molecule is CCSc1nccn2nc(-c3ccc(C(C)C)cc3)cc12. The molecule has 3 rings (SSSR count). The number of hydrogen-bond acceptors (Lipinski definition) is 3. The quantitative estimate of drug-likeness (QED) is 0.658. The molecule has 3 nitrogen and oxygen atoms in total. The molecular weight excluding hydrogens is 278 g/mol. The highest BCUT2D eigenvalue weighted by atomic mass is 32.2. The van der Waals surface area contributed by atoms with Crippen LogP contribution in [0.1, 0.15) is 32.3 Å². The van der Waals surface area contributed by atoms with Gasteiger partial charge in [0.25, 0.3) is 0 Å². The second-order valence-electron chi connectivity index (χ2n) is 5.30. The summed E-state index contributed by atoms with van der Waals surface area (Å²) in [5, 5.41) is 5.70. The van der Waals surface area contributed by atoms with Crippen LogP contribution in [0, 0.1) is 0 Å². The summed E-state index contributed by atoms with van der Waals surface area (Å²) in [7, 11) is 0. The molecule has 0 unspecified atom stereocenters. The first kappa shape index (κ1) is 14.1. The molecule has 108 valence electrons. The first-order valence-electron chi connectivity index (χ1n) is 7.26. The third-order valence-electron chi connectivity index (χ3n) is 3.51. The van der Waals surface area contributed by atoms with Gasteiger partial charge >= 0.3 is 0 Å². The summed E-state index contributed by atoms with van der Waals surface area (Å²) in [6.07, 6.45) is 3.71. The molecule has 0 atom stereocenters. The van der Waals surface area contributed by atoms with Crippen LogP contribution in [0.15, 0.2) is 47.8 Å². The smallest absolute Gasteiger partial charge is 0.122 e. The van der Waals surface area contributed by atoms with Crippen molar-refractivity contribution in [1.29, 1.82) is 0 Å². The van der Waals surface area contributed by atoms with E-state index < -0.39 is 0 Å². The van der Waals surface area contributed by atoms with Crippen molar-refractivity contribution in [2.24, 2.45) is 0 Å². The van der Waals surface area contributed by atoms with Crippen LogP contribution < -0.4 is 0 Å². The van der Waals surface area contributed by atoms with E-state index >= 15 is 0 Å². The summed E-state index contributed by atoms with van der Waals surface area (Å²) >= 11 is 1.75. The molecule has 0 N–H and O–H groups in total. The predicted octanol–water partition coefficient (Wildman–Crippen LogP) is 4.63. The lowest BCUT2D eigenvalue weighted by atomic mass is 10.0. The Balaban J connectivity index is 2.02. The van der Waals surface area contributed by atoms with E-state index in [0.29, 0.717) is 5.92 Å². The lowest BCUT2D eigenvalue weighted by Crippen LogP contribution is -1.91. The minimum atomic E-state index is 0.553. The molecular formula is C17H19N3S. The molecule has 3 aromatic rings. The standard InChI is InChI=1S/C17H19N3S/c1-4-21-17-16-11-15(19-20(16)10-9-18-17)14-7-5-13(6-8-14)12(2)3/h5-12H,4H2,1-3H3. The second-order valence-corrected chi connectivity index (χ2v) is 6.55. The molecule has 0 amide bonds. The highest BCUT2D eigenvalue weighted by molar-refractivity contribution is 7.99. The average molecular weight is 297 g/mol. The topological polar surface area (TPSA) is 30.2 Å². The summed E-state index contributed by atoms with van der Waals surface area (Å²) < 4.78 is 1.91. The fraction of sp³-hybridized carbons (Fsp3) is 0.294. The minimum absolute atomic E-state index is 0.553. The molecule has 0 aliphatic carbocycles. The Morgan fingerprint density at radius 1 is 1.19 bits per heavy atom. The molecule has 0 fully saturated rings. The van der Waals surface area contributed by atoms with E-state index in [0.717, 1.165) is 27.6 Å². The minimum Gasteiger partial charge on any atom is -0.246 e. The van der Waals surface area contributed by atoms with E-state index in [1.54, 1.807) is 11.8 Å². The summed E-state index contributed by atoms with van der Waals surface area (Å²) in [6.45, 7) is 6.55. The zero-order valence-electron chi connectivity index (χ0n) is 12.6. The molecule has 0 aliphatic heterocycles. The van der Waals surface area contributed by atoms with Crippen LogP contribution in [0.25, 0.3) is 16.8 Å². The van der Waals surface area contributed by atoms with Gasteiger partial charge in [-0.1, -0.05) is 45.0 Å². The van der Waals surface area contributed by atoms with Gasteiger partial charge in [-0.3, -0.25) is 0 Å². The van der Waals surface area contributed by atoms with Gasteiger partial charge in [-0.05, 0) is 23.3 Å². The number of fused-ring (bicyclic) bond motifs is 1. The zero-order chi connectivity index (χ0) is 14.8. The number of rotatable bonds is 4. The third kappa shape index (κ3) is 2.81. The van der Waals surface area contributed by atoms with Crippen LogP contribution in [0.5, 0.6) is 0 Å². The molecule has 0 bridgehead atoms. The van der Waals surface area contributed by atoms with Crippen molar-refractivity contribution in [3.05, 3.63) is 48.3 Å². The van der Waals surface area contributed by atoms with Crippen LogP contribution in [0.4, 0.5) is 0 Å². The van der Waals surface area contributed by atoms with E-state index in [1.807, 2.05) is 16.9 Å². The van der Waals surface area contributed by atoms with Crippen molar-refractivity contribution < 1.29 is 0 Å². The van der Waals surface area contributed by atoms with Crippen molar-refractivity contribution >= 4 is 17.3 Å². The van der Waals surface area contributed by atoms with Crippen LogP contribution in [-0.4, -0.2) is 20.4 Å². The fourth-order valence-corrected chi connectivity index (χ4v) is 3.04. The van der Waals surface area contributed by atoms with Gasteiger partial charge in [-0.25, -0.2) is 9.50 Å². The molecule has 4 heteroatoms. The second kappa shape index (κ2) is 5.90. The molecule has 21 heavy (non-hydrogen) atoms. The Labute approximate surface area is 129 Å². The van der Waals surface area contributed by atoms with Gasteiger partial charge in [0.2, 0.25) is 0 Å². The largest absolute Gasteiger partial charge is 0.246 e. The highest BCUT2D eigenvalue weighted by Gasteiger charge is 2.09. The normalized spacial score (nSPS) is 11.4. The van der Waals surface area contributed by atoms with Crippen molar-refractivity contribution in [3.8, 4) is 11.3 Å². The number of aromatic nitrogens is 3. The predicted molar refractivity (Wildman–Crippen MR) is 88.9 cm³/mol. The molecule has 0 aliphatic rings. The first-order valence-corrected chi connectivity index (χ1v) is 8.25. The van der Waals surface area contributed by atoms with E-state index in [1.165, 1.54) is 5.56 Å². The first-order chi connectivity index (χ1) is 10.2. The van der Waals surface area contributed by atoms with Crippen LogP contribution in [0.3, 0.4) is 0 Å². The van der Waals surface area contributed by atoms with Crippen LogP contribution in [0.2, 0.25) is 0 Å². The van der Waals surface area contributed by atoms with Gasteiger partial charge in [0.05, 0.1) is 11.2 Å². The van der Waals surface area contributed by atoms with Gasteiger partial charge < -0.3 is 0 Å². The van der Waals surface area contributed by atoms with Crippen molar-refractivity contribution in [3.63, 3.8) is 0 Å². The fourth-order valence-electron chi connectivity index (χ4n) is 2.33. The summed E-state index contributed by atoms with van der Waals surface area (Å²) in [4.78, 5) is 4.44. The monoisotopic (exact) mass is 297 g/mol. The average Bonchev–Trinajstić information content (AvgIpc) is 2.93. The summed E-state index contributed by atoms with van der Waals surface area (Å²) in [5.74, 6) is 1.56. The van der Waals surface area contributed by atoms with Crippen LogP contribution in [-0.2, 0) is 0 Å². The molecule has 0 saturated heterocycles. The van der Waals surface area contributed by atoms with Gasteiger partial charge in [0.1, 0.15) is 5.03 Å². The lowest BCUT2D eigenvalue weighted by Gasteiger charge is -2.05. The maximum absolute atomic E-state index is 4.66. The zero-order valence-corrected chi connectivity index (χ0v) is 13.4. The third-order valence-corrected chi connectivity index (χ3v) is 4.39. The Hall–Kier alpha value is -1.81. The number of nitrogens with zero attached hydrogens (tertiary/aromatic N) is 3. The van der Waals surface area contributed by atoms with Crippen molar-refractivity contribution in [1.82, 2.24) is 14.6 Å². The Kier molecular flexibility index (Phi) is 3.97. The van der Waals surface area contributed by atoms with E-state index in [9.17, 15) is 0 Å². The molecule has 1 aromatic carbocycles. The van der Waals surface area contributed by atoms with Crippen molar-refractivity contribution in [2.75, 3.05) is 5.75 Å². The summed E-state index contributed by atoms with van der Waals surface area (Å²) in [5.41, 5.74) is 4.57. The number of benzene rings is 1. The van der Waals surface area contributed by atoms with Crippen molar-refractivity contribution in [2.45, 2.75) is 31.7 Å². The molecule has 2 heterocycles. The Morgan fingerprint density at radius 2 is 1.95 bits per heavy atom. The molecule has 0 radical (unpaired) electrons. The molecule has 0 saturated carbocycles.